The van der Waals surface area contributed by atoms with Gasteiger partial charge in [-0.15, -0.1) is 0 Å². The Bertz CT molecular complexity index is 1770. The number of allylic oxidation sites excluding steroid dienone is 3. The first-order valence-corrected chi connectivity index (χ1v) is 11.5. The molecule has 0 fully saturated rings. The van der Waals surface area contributed by atoms with Crippen LogP contribution in [-0.4, -0.2) is 70.8 Å². The standard InChI is InChI=1S/C26H16BNO10/c1-38-11-5-10(30)13-14(19(11)31)21(33)16-15(20(13)32)23(35)26(24(16)36)3-2-8-17(26)22(34)12-9(18(8)27)4-7(6-29)28-25(12)37/h4-6,14,21,32-34H,2-3H2,1H3,(H,28,37). The number of aromatic amines is 1. The van der Waals surface area contributed by atoms with E-state index in [9.17, 15) is 44.1 Å². The summed E-state index contributed by atoms with van der Waals surface area (Å²) in [5, 5.41) is 33.2. The molecule has 0 saturated carbocycles. The van der Waals surface area contributed by atoms with Crippen molar-refractivity contribution in [2.75, 3.05) is 7.11 Å². The summed E-state index contributed by atoms with van der Waals surface area (Å²) in [7, 11) is 7.44. The number of fused-ring (bicyclic) bond motifs is 4. The van der Waals surface area contributed by atoms with Crippen LogP contribution in [0.1, 0.15) is 28.0 Å². The van der Waals surface area contributed by atoms with Crippen molar-refractivity contribution in [3.05, 3.63) is 67.6 Å². The van der Waals surface area contributed by atoms with E-state index in [0.717, 1.165) is 13.2 Å². The van der Waals surface area contributed by atoms with Crippen LogP contribution in [0.5, 0.6) is 5.75 Å². The van der Waals surface area contributed by atoms with Crippen molar-refractivity contribution in [3.63, 3.8) is 0 Å². The average Bonchev–Trinajstić information content (AvgIpc) is 3.40. The van der Waals surface area contributed by atoms with Crippen LogP contribution in [-0.2, 0) is 35.8 Å². The average molecular weight is 513 g/mol. The quantitative estimate of drug-likeness (QED) is 0.219. The fourth-order valence-electron chi connectivity index (χ4n) is 6.30. The SMILES string of the molecule is [B]c1c2c(c(O)c3c(=O)[nH]c(C=O)cc13)C1(CC2)C(=O)C2=C(C1=O)C(O)C1C(=O)C(OC)=CC(=O)C1=C2O. The van der Waals surface area contributed by atoms with Crippen LogP contribution in [0.15, 0.2) is 45.2 Å². The molecule has 4 aliphatic carbocycles. The molecule has 4 N–H and O–H groups in total. The number of carbonyl (C=O) groups is 5. The number of hydrogen-bond acceptors (Lipinski definition) is 10. The first-order valence-electron chi connectivity index (χ1n) is 11.5. The minimum Gasteiger partial charge on any atom is -0.507 e. The predicted molar refractivity (Wildman–Crippen MR) is 128 cm³/mol. The third-order valence-electron chi connectivity index (χ3n) is 7.95. The third kappa shape index (κ3) is 2.52. The summed E-state index contributed by atoms with van der Waals surface area (Å²) in [6.45, 7) is 0. The number of rotatable bonds is 2. The van der Waals surface area contributed by atoms with Gasteiger partial charge < -0.3 is 25.0 Å². The van der Waals surface area contributed by atoms with Crippen LogP contribution in [0.4, 0.5) is 0 Å². The lowest BCUT2D eigenvalue weighted by atomic mass is 9.72. The van der Waals surface area contributed by atoms with Gasteiger partial charge in [0, 0.05) is 17.2 Å². The second-order valence-corrected chi connectivity index (χ2v) is 9.55. The van der Waals surface area contributed by atoms with Gasteiger partial charge in [0.15, 0.2) is 29.4 Å². The Morgan fingerprint density at radius 3 is 2.50 bits per heavy atom. The summed E-state index contributed by atoms with van der Waals surface area (Å²) in [5.74, 6) is -7.43. The molecule has 1 heterocycles. The number of carbonyl (C=O) groups excluding carboxylic acids is 5. The van der Waals surface area contributed by atoms with Crippen molar-refractivity contribution in [3.8, 4) is 5.75 Å². The number of aliphatic hydroxyl groups excluding tert-OH is 2. The topological polar surface area (TPSA) is 188 Å². The number of methoxy groups -OCH3 is 1. The maximum atomic E-state index is 14.0. The number of aromatic nitrogens is 1. The van der Waals surface area contributed by atoms with E-state index in [2.05, 4.69) is 4.98 Å². The van der Waals surface area contributed by atoms with E-state index in [1.807, 2.05) is 0 Å². The van der Waals surface area contributed by atoms with E-state index in [0.29, 0.717) is 6.29 Å². The van der Waals surface area contributed by atoms with Gasteiger partial charge in [-0.2, -0.15) is 0 Å². The van der Waals surface area contributed by atoms with Crippen molar-refractivity contribution < 1.29 is 44.0 Å². The first kappa shape index (κ1) is 23.8. The Kier molecular flexibility index (Phi) is 4.69. The molecular formula is C26H16BNO10. The smallest absolute Gasteiger partial charge is 0.260 e. The molecular weight excluding hydrogens is 497 g/mol. The molecule has 38 heavy (non-hydrogen) atoms. The van der Waals surface area contributed by atoms with Crippen LogP contribution in [0.3, 0.4) is 0 Å². The normalized spacial score (nSPS) is 26.2. The fourth-order valence-corrected chi connectivity index (χ4v) is 6.30. The lowest BCUT2D eigenvalue weighted by Crippen LogP contribution is -2.43. The zero-order valence-electron chi connectivity index (χ0n) is 19.6. The van der Waals surface area contributed by atoms with E-state index in [1.165, 1.54) is 6.07 Å². The molecule has 188 valence electrons. The molecule has 11 nitrogen and oxygen atoms in total. The van der Waals surface area contributed by atoms with Gasteiger partial charge in [-0.25, -0.2) is 0 Å². The van der Waals surface area contributed by atoms with Crippen molar-refractivity contribution >= 4 is 53.5 Å². The molecule has 0 amide bonds. The minimum absolute atomic E-state index is 0.00394. The second kappa shape index (κ2) is 7.48. The number of Topliss-reactive ketones (excluding diaryl/α,β-unsaturated/α-hetero) is 3. The molecule has 3 atom stereocenters. The number of phenolic OH excluding ortho intramolecular Hbond substituents is 1. The number of aldehydes is 1. The van der Waals surface area contributed by atoms with Gasteiger partial charge in [0.05, 0.1) is 41.4 Å². The van der Waals surface area contributed by atoms with Gasteiger partial charge in [0.1, 0.15) is 24.8 Å². The van der Waals surface area contributed by atoms with E-state index >= 15 is 0 Å². The number of nitrogens with one attached hydrogen (secondary N) is 1. The van der Waals surface area contributed by atoms with Crippen molar-refractivity contribution in [2.24, 2.45) is 5.92 Å². The van der Waals surface area contributed by atoms with Gasteiger partial charge in [-0.1, -0.05) is 5.46 Å². The second-order valence-electron chi connectivity index (χ2n) is 9.55. The van der Waals surface area contributed by atoms with Crippen LogP contribution in [0.25, 0.3) is 10.8 Å². The summed E-state index contributed by atoms with van der Waals surface area (Å²) in [5.41, 5.74) is -5.00. The molecule has 4 aliphatic rings. The Morgan fingerprint density at radius 2 is 1.84 bits per heavy atom. The Morgan fingerprint density at radius 1 is 1.13 bits per heavy atom. The van der Waals surface area contributed by atoms with Gasteiger partial charge >= 0.3 is 0 Å². The Hall–Kier alpha value is -4.58. The summed E-state index contributed by atoms with van der Waals surface area (Å²) in [6, 6.07) is 1.26. The monoisotopic (exact) mass is 513 g/mol. The van der Waals surface area contributed by atoms with Gasteiger partial charge in [0.2, 0.25) is 5.78 Å². The number of benzene rings is 1. The lowest BCUT2D eigenvalue weighted by molar-refractivity contribution is -0.129. The van der Waals surface area contributed by atoms with Crippen LogP contribution in [0, 0.1) is 5.92 Å². The number of aliphatic hydroxyl groups is 2. The van der Waals surface area contributed by atoms with E-state index in [-0.39, 0.29) is 51.7 Å². The van der Waals surface area contributed by atoms with Gasteiger partial charge in [0.25, 0.3) is 5.56 Å². The minimum atomic E-state index is -2.17. The fraction of sp³-hybridized carbons (Fsp3) is 0.231. The zero-order valence-corrected chi connectivity index (χ0v) is 19.6. The number of pyridine rings is 1. The number of H-pyrrole nitrogens is 1. The molecule has 12 heteroatoms. The van der Waals surface area contributed by atoms with Gasteiger partial charge in [-0.05, 0) is 29.9 Å². The van der Waals surface area contributed by atoms with Crippen LogP contribution >= 0.6 is 0 Å². The maximum Gasteiger partial charge on any atom is 0.260 e. The molecule has 2 radical (unpaired) electrons. The van der Waals surface area contributed by atoms with Crippen molar-refractivity contribution in [2.45, 2.75) is 24.4 Å². The van der Waals surface area contributed by atoms with Crippen LogP contribution < -0.4 is 11.0 Å². The van der Waals surface area contributed by atoms with Gasteiger partial charge in [-0.3, -0.25) is 28.8 Å². The number of hydrogen-bond donors (Lipinski definition) is 4. The molecule has 3 unspecified atom stereocenters. The summed E-state index contributed by atoms with van der Waals surface area (Å²) < 4.78 is 4.91. The summed E-state index contributed by atoms with van der Waals surface area (Å²) in [4.78, 5) is 79.9. The molecule has 2 aromatic rings. The molecule has 0 bridgehead atoms. The van der Waals surface area contributed by atoms with E-state index < -0.39 is 74.4 Å². The Balaban J connectivity index is 1.61. The summed E-state index contributed by atoms with van der Waals surface area (Å²) in [6.07, 6.45) is -0.996. The number of ether oxygens (including phenoxy) is 1. The molecule has 0 aliphatic heterocycles. The molecule has 1 spiro atoms. The first-order chi connectivity index (χ1) is 18.0. The molecule has 1 aromatic carbocycles. The highest BCUT2D eigenvalue weighted by Gasteiger charge is 2.64. The van der Waals surface area contributed by atoms with E-state index in [1.54, 1.807) is 0 Å². The highest BCUT2D eigenvalue weighted by molar-refractivity contribution is 6.42. The Labute approximate surface area is 213 Å². The maximum absolute atomic E-state index is 14.0. The summed E-state index contributed by atoms with van der Waals surface area (Å²) >= 11 is 0. The van der Waals surface area contributed by atoms with Crippen molar-refractivity contribution in [1.29, 1.82) is 0 Å². The zero-order chi connectivity index (χ0) is 27.4. The number of aromatic hydroxyl groups is 1. The molecule has 6 rings (SSSR count). The predicted octanol–water partition coefficient (Wildman–Crippen LogP) is -1.04. The lowest BCUT2D eigenvalue weighted by Gasteiger charge is -2.31. The molecule has 1 aromatic heterocycles. The molecule has 0 saturated heterocycles. The van der Waals surface area contributed by atoms with Crippen molar-refractivity contribution in [1.82, 2.24) is 4.98 Å². The number of ketones is 4. The number of phenols is 1. The third-order valence-corrected chi connectivity index (χ3v) is 7.95. The largest absolute Gasteiger partial charge is 0.507 e. The highest BCUT2D eigenvalue weighted by Crippen LogP contribution is 2.55. The highest BCUT2D eigenvalue weighted by atomic mass is 16.5. The van der Waals surface area contributed by atoms with Crippen LogP contribution in [0.2, 0.25) is 0 Å². The van der Waals surface area contributed by atoms with E-state index in [4.69, 9.17) is 12.6 Å².